The fourth-order valence-corrected chi connectivity index (χ4v) is 5.86. The van der Waals surface area contributed by atoms with E-state index < -0.39 is 10.0 Å². The third-order valence-electron chi connectivity index (χ3n) is 5.52. The van der Waals surface area contributed by atoms with Crippen LogP contribution in [0.2, 0.25) is 0 Å². The van der Waals surface area contributed by atoms with Crippen molar-refractivity contribution in [3.05, 3.63) is 77.2 Å². The van der Waals surface area contributed by atoms with Gasteiger partial charge in [-0.1, -0.05) is 37.5 Å². The number of carbonyl (C=O) groups is 2. The fraction of sp³-hybridized carbons (Fsp3) is 0.250. The van der Waals surface area contributed by atoms with E-state index in [1.807, 2.05) is 0 Å². The highest BCUT2D eigenvalue weighted by Gasteiger charge is 2.20. The van der Waals surface area contributed by atoms with Crippen LogP contribution in [0.15, 0.2) is 70.3 Å². The summed E-state index contributed by atoms with van der Waals surface area (Å²) < 4.78 is 27.4. The molecule has 0 spiro atoms. The Morgan fingerprint density at radius 2 is 1.58 bits per heavy atom. The number of sulfonamides is 1. The van der Waals surface area contributed by atoms with E-state index in [2.05, 4.69) is 15.4 Å². The summed E-state index contributed by atoms with van der Waals surface area (Å²) in [6.45, 7) is 0. The Kier molecular flexibility index (Phi) is 7.10. The fourth-order valence-electron chi connectivity index (χ4n) is 3.81. The zero-order valence-corrected chi connectivity index (χ0v) is 19.5. The summed E-state index contributed by atoms with van der Waals surface area (Å²) >= 11 is 1.13. The third kappa shape index (κ3) is 5.80. The molecule has 1 heterocycles. The third-order valence-corrected chi connectivity index (χ3v) is 8.30. The van der Waals surface area contributed by atoms with Gasteiger partial charge in [-0.05, 0) is 60.7 Å². The van der Waals surface area contributed by atoms with E-state index in [0.29, 0.717) is 22.5 Å². The molecule has 1 saturated carbocycles. The Labute approximate surface area is 197 Å². The molecule has 0 radical (unpaired) electrons. The molecular formula is C24H25N3O4S2. The van der Waals surface area contributed by atoms with Crippen molar-refractivity contribution < 1.29 is 18.0 Å². The summed E-state index contributed by atoms with van der Waals surface area (Å²) in [5.74, 6) is -0.586. The van der Waals surface area contributed by atoms with Crippen LogP contribution in [0.1, 0.15) is 52.8 Å². The predicted octanol–water partition coefficient (Wildman–Crippen LogP) is 4.86. The van der Waals surface area contributed by atoms with Crippen molar-refractivity contribution in [1.82, 2.24) is 5.32 Å². The average Bonchev–Trinajstić information content (AvgIpc) is 3.36. The molecule has 7 nitrogen and oxygen atoms in total. The summed E-state index contributed by atoms with van der Waals surface area (Å²) in [6.07, 6.45) is 5.38. The second kappa shape index (κ2) is 10.2. The quantitative estimate of drug-likeness (QED) is 0.446. The number of hydrogen-bond donors (Lipinski definition) is 3. The molecule has 9 heteroatoms. The first kappa shape index (κ1) is 23.0. The number of hydrogen-bond acceptors (Lipinski definition) is 5. The number of carbonyl (C=O) groups excluding carboxylic acids is 2. The Balaban J connectivity index is 1.43. The highest BCUT2D eigenvalue weighted by molar-refractivity contribution is 7.94. The standard InChI is InChI=1S/C24H25N3O4S2/c28-23(17-12-14-19(15-13-17)27-33(30,31)22-11-6-16-32-22)26-21-10-5-4-9-20(21)24(29)25-18-7-2-1-3-8-18/h4-6,9-16,18,27H,1-3,7-8H2,(H,25,29)(H,26,28). The van der Waals surface area contributed by atoms with Gasteiger partial charge in [0.2, 0.25) is 0 Å². The minimum absolute atomic E-state index is 0.167. The molecular weight excluding hydrogens is 458 g/mol. The first-order valence-corrected chi connectivity index (χ1v) is 13.2. The maximum Gasteiger partial charge on any atom is 0.271 e. The maximum absolute atomic E-state index is 12.8. The molecule has 33 heavy (non-hydrogen) atoms. The maximum atomic E-state index is 12.8. The van der Waals surface area contributed by atoms with Gasteiger partial charge in [-0.25, -0.2) is 8.42 Å². The van der Waals surface area contributed by atoms with Gasteiger partial charge in [0, 0.05) is 17.3 Å². The van der Waals surface area contributed by atoms with E-state index in [1.54, 1.807) is 35.7 Å². The van der Waals surface area contributed by atoms with Gasteiger partial charge >= 0.3 is 0 Å². The van der Waals surface area contributed by atoms with Gasteiger partial charge in [0.15, 0.2) is 0 Å². The normalized spacial score (nSPS) is 14.4. The van der Waals surface area contributed by atoms with E-state index in [-0.39, 0.29) is 22.1 Å². The lowest BCUT2D eigenvalue weighted by Gasteiger charge is -2.23. The SMILES string of the molecule is O=C(Nc1ccccc1C(=O)NC1CCCCC1)c1ccc(NS(=O)(=O)c2cccs2)cc1. The number of nitrogens with one attached hydrogen (secondary N) is 3. The topological polar surface area (TPSA) is 104 Å². The summed E-state index contributed by atoms with van der Waals surface area (Å²) in [4.78, 5) is 25.6. The largest absolute Gasteiger partial charge is 0.349 e. The van der Waals surface area contributed by atoms with Gasteiger partial charge in [0.05, 0.1) is 11.3 Å². The molecule has 3 N–H and O–H groups in total. The molecule has 1 aliphatic rings. The van der Waals surface area contributed by atoms with Crippen LogP contribution in [0.25, 0.3) is 0 Å². The van der Waals surface area contributed by atoms with E-state index in [0.717, 1.165) is 37.0 Å². The Bertz CT molecular complexity index is 1220. The second-order valence-electron chi connectivity index (χ2n) is 7.92. The van der Waals surface area contributed by atoms with Crippen molar-refractivity contribution >= 4 is 44.5 Å². The highest BCUT2D eigenvalue weighted by Crippen LogP contribution is 2.22. The van der Waals surface area contributed by atoms with E-state index in [4.69, 9.17) is 0 Å². The predicted molar refractivity (Wildman–Crippen MR) is 130 cm³/mol. The van der Waals surface area contributed by atoms with Crippen LogP contribution in [-0.4, -0.2) is 26.3 Å². The van der Waals surface area contributed by atoms with Crippen LogP contribution in [0.4, 0.5) is 11.4 Å². The monoisotopic (exact) mass is 483 g/mol. The molecule has 2 amide bonds. The van der Waals surface area contributed by atoms with Crippen molar-refractivity contribution in [3.8, 4) is 0 Å². The molecule has 2 aromatic carbocycles. The molecule has 1 aliphatic carbocycles. The van der Waals surface area contributed by atoms with Gasteiger partial charge in [-0.15, -0.1) is 11.3 Å². The molecule has 172 valence electrons. The van der Waals surface area contributed by atoms with Crippen molar-refractivity contribution in [1.29, 1.82) is 0 Å². The number of amides is 2. The van der Waals surface area contributed by atoms with E-state index in [9.17, 15) is 18.0 Å². The zero-order valence-electron chi connectivity index (χ0n) is 17.9. The number of benzene rings is 2. The Morgan fingerprint density at radius 3 is 2.27 bits per heavy atom. The van der Waals surface area contributed by atoms with E-state index >= 15 is 0 Å². The molecule has 1 fully saturated rings. The molecule has 0 atom stereocenters. The first-order valence-electron chi connectivity index (χ1n) is 10.8. The molecule has 0 aliphatic heterocycles. The van der Waals surface area contributed by atoms with Crippen molar-refractivity contribution in [2.45, 2.75) is 42.4 Å². The molecule has 1 aromatic heterocycles. The summed E-state index contributed by atoms with van der Waals surface area (Å²) in [5.41, 5.74) is 1.54. The lowest BCUT2D eigenvalue weighted by atomic mass is 9.95. The lowest BCUT2D eigenvalue weighted by Crippen LogP contribution is -2.36. The van der Waals surface area contributed by atoms with Crippen molar-refractivity contribution in [2.24, 2.45) is 0 Å². The van der Waals surface area contributed by atoms with Crippen LogP contribution in [0.3, 0.4) is 0 Å². The lowest BCUT2D eigenvalue weighted by molar-refractivity contribution is 0.0928. The smallest absolute Gasteiger partial charge is 0.271 e. The Morgan fingerprint density at radius 1 is 0.848 bits per heavy atom. The summed E-state index contributed by atoms with van der Waals surface area (Å²) in [7, 11) is -3.66. The molecule has 4 rings (SSSR count). The number of para-hydroxylation sites is 1. The molecule has 0 saturated heterocycles. The van der Waals surface area contributed by atoms with E-state index in [1.165, 1.54) is 36.8 Å². The van der Waals surface area contributed by atoms with Crippen LogP contribution in [0, 0.1) is 0 Å². The van der Waals surface area contributed by atoms with Crippen LogP contribution >= 0.6 is 11.3 Å². The first-order chi connectivity index (χ1) is 15.9. The van der Waals surface area contributed by atoms with Gasteiger partial charge in [-0.3, -0.25) is 14.3 Å². The highest BCUT2D eigenvalue weighted by atomic mass is 32.2. The summed E-state index contributed by atoms with van der Waals surface area (Å²) in [5, 5.41) is 7.56. The van der Waals surface area contributed by atoms with Crippen LogP contribution < -0.4 is 15.4 Å². The summed E-state index contributed by atoms with van der Waals surface area (Å²) in [6, 6.07) is 16.4. The second-order valence-corrected chi connectivity index (χ2v) is 10.8. The minimum atomic E-state index is -3.66. The number of anilines is 2. The Hall–Kier alpha value is -3.17. The average molecular weight is 484 g/mol. The van der Waals surface area contributed by atoms with Crippen molar-refractivity contribution in [2.75, 3.05) is 10.0 Å². The van der Waals surface area contributed by atoms with Crippen molar-refractivity contribution in [3.63, 3.8) is 0 Å². The van der Waals surface area contributed by atoms with Gasteiger partial charge in [-0.2, -0.15) is 0 Å². The number of rotatable bonds is 7. The number of thiophene rings is 1. The molecule has 3 aromatic rings. The molecule has 0 bridgehead atoms. The van der Waals surface area contributed by atoms with Gasteiger partial charge in [0.1, 0.15) is 4.21 Å². The van der Waals surface area contributed by atoms with Crippen LogP contribution in [-0.2, 0) is 10.0 Å². The zero-order chi connectivity index (χ0) is 23.3. The minimum Gasteiger partial charge on any atom is -0.349 e. The molecule has 0 unspecified atom stereocenters. The van der Waals surface area contributed by atoms with Gasteiger partial charge in [0.25, 0.3) is 21.8 Å². The van der Waals surface area contributed by atoms with Crippen LogP contribution in [0.5, 0.6) is 0 Å². The van der Waals surface area contributed by atoms with Gasteiger partial charge < -0.3 is 10.6 Å².